The second kappa shape index (κ2) is 5.37. The van der Waals surface area contributed by atoms with E-state index in [4.69, 9.17) is 5.11 Å². The number of hydrogen-bond acceptors (Lipinski definition) is 4. The number of aryl methyl sites for hydroxylation is 1. The number of rotatable bonds is 3. The lowest BCUT2D eigenvalue weighted by molar-refractivity contribution is -0.135. The third kappa shape index (κ3) is 2.26. The van der Waals surface area contributed by atoms with Crippen molar-refractivity contribution in [2.45, 2.75) is 0 Å². The summed E-state index contributed by atoms with van der Waals surface area (Å²) in [5, 5.41) is 21.4. The minimum absolute atomic E-state index is 0.123. The van der Waals surface area contributed by atoms with E-state index in [1.54, 1.807) is 0 Å². The monoisotopic (exact) mass is 333 g/mol. The molecule has 0 spiro atoms. The van der Waals surface area contributed by atoms with Gasteiger partial charge in [0.1, 0.15) is 23.4 Å². The highest BCUT2D eigenvalue weighted by Crippen LogP contribution is 2.28. The number of aromatic nitrogens is 2. The highest BCUT2D eigenvalue weighted by molar-refractivity contribution is 6.01. The van der Waals surface area contributed by atoms with Crippen LogP contribution in [-0.4, -0.2) is 37.8 Å². The molecule has 24 heavy (non-hydrogen) atoms. The number of carboxylic acid groups (broad SMARTS) is 1. The van der Waals surface area contributed by atoms with Crippen LogP contribution >= 0.6 is 0 Å². The van der Waals surface area contributed by atoms with Crippen LogP contribution in [0, 0.1) is 5.82 Å². The number of hydrogen-bond donors (Lipinski definition) is 3. The average Bonchev–Trinajstić information content (AvgIpc) is 2.89. The molecule has 0 aliphatic rings. The van der Waals surface area contributed by atoms with Gasteiger partial charge in [0, 0.05) is 12.4 Å². The Morgan fingerprint density at radius 3 is 2.62 bits per heavy atom. The molecule has 8 nitrogen and oxygen atoms in total. The summed E-state index contributed by atoms with van der Waals surface area (Å²) in [6.07, 6.45) is 0. The SMILES string of the molecule is Cn1c(=O)c(C(=O)NCC(=O)O)c(O)c2cc3cc(F)ccc3n21. The summed E-state index contributed by atoms with van der Waals surface area (Å²) >= 11 is 0. The highest BCUT2D eigenvalue weighted by atomic mass is 19.1. The molecule has 1 aromatic carbocycles. The molecule has 124 valence electrons. The van der Waals surface area contributed by atoms with Crippen LogP contribution in [0.2, 0.25) is 0 Å². The van der Waals surface area contributed by atoms with Crippen molar-refractivity contribution in [1.82, 2.24) is 14.5 Å². The second-order valence-corrected chi connectivity index (χ2v) is 5.17. The topological polar surface area (TPSA) is 113 Å². The van der Waals surface area contributed by atoms with Crippen molar-refractivity contribution in [1.29, 1.82) is 0 Å². The lowest BCUT2D eigenvalue weighted by Crippen LogP contribution is -2.36. The Labute approximate surface area is 133 Å². The van der Waals surface area contributed by atoms with Gasteiger partial charge in [0.25, 0.3) is 11.5 Å². The lowest BCUT2D eigenvalue weighted by atomic mass is 10.2. The molecule has 0 saturated carbocycles. The standard InChI is InChI=1S/C15H12FN3O5/c1-18-15(24)12(14(23)17-6-11(20)21)13(22)10-5-7-4-8(16)2-3-9(7)19(10)18/h2-5,22H,6H2,1H3,(H,17,23)(H,20,21). The number of amides is 1. The van der Waals surface area contributed by atoms with Gasteiger partial charge in [-0.3, -0.25) is 14.4 Å². The number of carbonyl (C=O) groups is 2. The van der Waals surface area contributed by atoms with Crippen LogP contribution in [0.1, 0.15) is 10.4 Å². The molecule has 3 N–H and O–H groups in total. The van der Waals surface area contributed by atoms with Gasteiger partial charge < -0.3 is 15.5 Å². The quantitative estimate of drug-likeness (QED) is 0.644. The fraction of sp³-hybridized carbons (Fsp3) is 0.133. The summed E-state index contributed by atoms with van der Waals surface area (Å²) in [6.45, 7) is -0.694. The first-order chi connectivity index (χ1) is 11.3. The van der Waals surface area contributed by atoms with Gasteiger partial charge in [0.2, 0.25) is 0 Å². The minimum Gasteiger partial charge on any atom is -0.505 e. The highest BCUT2D eigenvalue weighted by Gasteiger charge is 2.23. The number of benzene rings is 1. The van der Waals surface area contributed by atoms with Crippen LogP contribution in [0.4, 0.5) is 4.39 Å². The Hall–Kier alpha value is -3.36. The molecule has 0 aliphatic carbocycles. The van der Waals surface area contributed by atoms with E-state index in [2.05, 4.69) is 0 Å². The molecule has 2 heterocycles. The van der Waals surface area contributed by atoms with Gasteiger partial charge in [-0.15, -0.1) is 0 Å². The van der Waals surface area contributed by atoms with Crippen LogP contribution in [0.3, 0.4) is 0 Å². The Morgan fingerprint density at radius 1 is 1.25 bits per heavy atom. The first-order valence-electron chi connectivity index (χ1n) is 6.84. The van der Waals surface area contributed by atoms with E-state index in [9.17, 15) is 23.9 Å². The van der Waals surface area contributed by atoms with E-state index in [-0.39, 0.29) is 5.52 Å². The molecule has 9 heteroatoms. The molecule has 0 saturated heterocycles. The van der Waals surface area contributed by atoms with Crippen molar-refractivity contribution < 1.29 is 24.2 Å². The Kier molecular flexibility index (Phi) is 3.48. The molecule has 0 aliphatic heterocycles. The Morgan fingerprint density at radius 2 is 1.96 bits per heavy atom. The average molecular weight is 333 g/mol. The maximum atomic E-state index is 13.4. The summed E-state index contributed by atoms with van der Waals surface area (Å²) in [4.78, 5) is 35.0. The van der Waals surface area contributed by atoms with Gasteiger partial charge in [0.15, 0.2) is 5.75 Å². The smallest absolute Gasteiger partial charge is 0.322 e. The number of carboxylic acids is 1. The fourth-order valence-corrected chi connectivity index (χ4v) is 2.59. The predicted octanol–water partition coefficient (Wildman–Crippen LogP) is 0.450. The first-order valence-corrected chi connectivity index (χ1v) is 6.84. The third-order valence-corrected chi connectivity index (χ3v) is 3.65. The van der Waals surface area contributed by atoms with Crippen molar-refractivity contribution in [3.05, 3.63) is 46.0 Å². The molecular formula is C15H12FN3O5. The zero-order chi connectivity index (χ0) is 17.6. The van der Waals surface area contributed by atoms with Crippen molar-refractivity contribution in [2.75, 3.05) is 6.54 Å². The molecule has 0 radical (unpaired) electrons. The van der Waals surface area contributed by atoms with Crippen molar-refractivity contribution >= 4 is 28.3 Å². The Balaban J connectivity index is 2.30. The summed E-state index contributed by atoms with van der Waals surface area (Å²) in [7, 11) is 1.38. The minimum atomic E-state index is -1.29. The number of aromatic hydroxyl groups is 1. The van der Waals surface area contributed by atoms with E-state index in [0.29, 0.717) is 10.9 Å². The zero-order valence-corrected chi connectivity index (χ0v) is 12.4. The van der Waals surface area contributed by atoms with Crippen LogP contribution in [-0.2, 0) is 11.8 Å². The number of fused-ring (bicyclic) bond motifs is 3. The van der Waals surface area contributed by atoms with Crippen molar-refractivity contribution in [2.24, 2.45) is 7.05 Å². The van der Waals surface area contributed by atoms with Crippen LogP contribution < -0.4 is 10.9 Å². The number of aliphatic carboxylic acids is 1. The first kappa shape index (κ1) is 15.5. The van der Waals surface area contributed by atoms with Gasteiger partial charge in [0.05, 0.1) is 5.52 Å². The molecule has 0 atom stereocenters. The Bertz CT molecular complexity index is 1070. The molecular weight excluding hydrogens is 321 g/mol. The zero-order valence-electron chi connectivity index (χ0n) is 12.4. The molecule has 3 rings (SSSR count). The van der Waals surface area contributed by atoms with Crippen molar-refractivity contribution in [3.8, 4) is 5.75 Å². The molecule has 3 aromatic rings. The summed E-state index contributed by atoms with van der Waals surface area (Å²) in [5.74, 6) is -3.38. The molecule has 0 unspecified atom stereocenters. The van der Waals surface area contributed by atoms with Crippen LogP contribution in [0.15, 0.2) is 29.1 Å². The molecule has 0 bridgehead atoms. The van der Waals surface area contributed by atoms with E-state index in [1.165, 1.54) is 35.8 Å². The normalized spacial score (nSPS) is 11.1. The fourth-order valence-electron chi connectivity index (χ4n) is 2.59. The second-order valence-electron chi connectivity index (χ2n) is 5.17. The summed E-state index contributed by atoms with van der Waals surface area (Å²) in [5.41, 5.74) is -0.795. The van der Waals surface area contributed by atoms with Crippen LogP contribution in [0.5, 0.6) is 5.75 Å². The van der Waals surface area contributed by atoms with Gasteiger partial charge in [-0.25, -0.2) is 13.6 Å². The maximum Gasteiger partial charge on any atom is 0.322 e. The molecule has 0 fully saturated rings. The number of nitrogens with one attached hydrogen (secondary N) is 1. The van der Waals surface area contributed by atoms with Gasteiger partial charge in [-0.05, 0) is 24.3 Å². The molecule has 1 amide bonds. The van der Waals surface area contributed by atoms with E-state index < -0.39 is 41.1 Å². The number of carbonyl (C=O) groups excluding carboxylic acids is 1. The molecule has 2 aromatic heterocycles. The van der Waals surface area contributed by atoms with E-state index in [0.717, 1.165) is 4.68 Å². The van der Waals surface area contributed by atoms with Gasteiger partial charge >= 0.3 is 5.97 Å². The third-order valence-electron chi connectivity index (χ3n) is 3.65. The number of nitrogens with zero attached hydrogens (tertiary/aromatic N) is 2. The number of halogens is 1. The summed E-state index contributed by atoms with van der Waals surface area (Å²) < 4.78 is 15.8. The van der Waals surface area contributed by atoms with Gasteiger partial charge in [-0.2, -0.15) is 0 Å². The van der Waals surface area contributed by atoms with E-state index in [1.807, 2.05) is 5.32 Å². The lowest BCUT2D eigenvalue weighted by Gasteiger charge is -2.11. The van der Waals surface area contributed by atoms with Crippen LogP contribution in [0.25, 0.3) is 16.4 Å². The summed E-state index contributed by atoms with van der Waals surface area (Å²) in [6, 6.07) is 5.32. The van der Waals surface area contributed by atoms with Crippen molar-refractivity contribution in [3.63, 3.8) is 0 Å². The largest absolute Gasteiger partial charge is 0.505 e. The van der Waals surface area contributed by atoms with E-state index >= 15 is 0 Å². The van der Waals surface area contributed by atoms with Gasteiger partial charge in [-0.1, -0.05) is 0 Å². The maximum absolute atomic E-state index is 13.4. The predicted molar refractivity (Wildman–Crippen MR) is 81.7 cm³/mol.